The molecule has 0 saturated heterocycles. The van der Waals surface area contributed by atoms with Crippen LogP contribution < -0.4 is 5.32 Å². The Bertz CT molecular complexity index is 437. The summed E-state index contributed by atoms with van der Waals surface area (Å²) in [7, 11) is 0. The van der Waals surface area contributed by atoms with Gasteiger partial charge in [-0.15, -0.1) is 23.1 Å². The standard InChI is InChI=1S/C14H24N2OS2/c1-7-14(6,12-15-10(2)8-18-12)16-11(17)9-19-13(3,4)5/h8H,7,9H2,1-6H3,(H,16,17). The Morgan fingerprint density at radius 1 is 1.42 bits per heavy atom. The van der Waals surface area contributed by atoms with Crippen LogP contribution in [-0.2, 0) is 10.3 Å². The van der Waals surface area contributed by atoms with Gasteiger partial charge in [-0.25, -0.2) is 4.98 Å². The Hall–Kier alpha value is -0.550. The number of nitrogens with zero attached hydrogens (tertiary/aromatic N) is 1. The highest BCUT2D eigenvalue weighted by molar-refractivity contribution is 8.01. The van der Waals surface area contributed by atoms with Crippen LogP contribution in [0.5, 0.6) is 0 Å². The third-order valence-corrected chi connectivity index (χ3v) is 5.35. The summed E-state index contributed by atoms with van der Waals surface area (Å²) in [4.78, 5) is 16.6. The smallest absolute Gasteiger partial charge is 0.230 e. The fourth-order valence-electron chi connectivity index (χ4n) is 1.53. The van der Waals surface area contributed by atoms with E-state index in [2.05, 4.69) is 38.0 Å². The molecule has 0 aliphatic rings. The summed E-state index contributed by atoms with van der Waals surface area (Å²) >= 11 is 3.28. The predicted octanol–water partition coefficient (Wildman–Crippen LogP) is 3.72. The molecule has 0 fully saturated rings. The molecule has 1 atom stereocenters. The monoisotopic (exact) mass is 300 g/mol. The molecule has 0 radical (unpaired) electrons. The molecule has 19 heavy (non-hydrogen) atoms. The molecule has 1 heterocycles. The van der Waals surface area contributed by atoms with Gasteiger partial charge in [0, 0.05) is 15.8 Å². The quantitative estimate of drug-likeness (QED) is 0.901. The fraction of sp³-hybridized carbons (Fsp3) is 0.714. The Kier molecular flexibility index (Phi) is 5.44. The van der Waals surface area contributed by atoms with Crippen LogP contribution in [0.25, 0.3) is 0 Å². The first-order valence-corrected chi connectivity index (χ1v) is 8.40. The second-order valence-electron chi connectivity index (χ2n) is 5.93. The van der Waals surface area contributed by atoms with Gasteiger partial charge in [0.1, 0.15) is 5.01 Å². The lowest BCUT2D eigenvalue weighted by atomic mass is 10.00. The molecule has 1 N–H and O–H groups in total. The number of carbonyl (C=O) groups excluding carboxylic acids is 1. The van der Waals surface area contributed by atoms with Gasteiger partial charge in [0.15, 0.2) is 0 Å². The summed E-state index contributed by atoms with van der Waals surface area (Å²) in [6.07, 6.45) is 0.839. The SMILES string of the molecule is CCC(C)(NC(=O)CSC(C)(C)C)c1nc(C)cs1. The molecule has 0 aliphatic carbocycles. The average Bonchev–Trinajstić information content (AvgIpc) is 2.73. The van der Waals surface area contributed by atoms with E-state index in [1.54, 1.807) is 23.1 Å². The number of hydrogen-bond donors (Lipinski definition) is 1. The van der Waals surface area contributed by atoms with Gasteiger partial charge in [0.2, 0.25) is 5.91 Å². The number of hydrogen-bond acceptors (Lipinski definition) is 4. The van der Waals surface area contributed by atoms with E-state index in [1.807, 2.05) is 19.2 Å². The van der Waals surface area contributed by atoms with E-state index < -0.39 is 0 Å². The summed E-state index contributed by atoms with van der Waals surface area (Å²) in [6, 6.07) is 0. The first-order valence-electron chi connectivity index (χ1n) is 6.54. The Morgan fingerprint density at radius 2 is 2.05 bits per heavy atom. The van der Waals surface area contributed by atoms with Crippen molar-refractivity contribution in [2.45, 2.75) is 58.2 Å². The number of aryl methyl sites for hydroxylation is 1. The average molecular weight is 300 g/mol. The fourth-order valence-corrected chi connectivity index (χ4v) is 3.15. The molecule has 0 bridgehead atoms. The van der Waals surface area contributed by atoms with E-state index in [-0.39, 0.29) is 16.2 Å². The van der Waals surface area contributed by atoms with Crippen LogP contribution in [0.4, 0.5) is 0 Å². The number of thioether (sulfide) groups is 1. The van der Waals surface area contributed by atoms with Crippen LogP contribution in [0.2, 0.25) is 0 Å². The van der Waals surface area contributed by atoms with Crippen LogP contribution in [0.15, 0.2) is 5.38 Å². The molecule has 108 valence electrons. The molecule has 1 aromatic rings. The van der Waals surface area contributed by atoms with E-state index in [9.17, 15) is 4.79 Å². The molecule has 1 aromatic heterocycles. The molecule has 1 unspecified atom stereocenters. The van der Waals surface area contributed by atoms with Crippen molar-refractivity contribution >= 4 is 29.0 Å². The van der Waals surface area contributed by atoms with Gasteiger partial charge in [0.25, 0.3) is 0 Å². The Balaban J connectivity index is 2.68. The largest absolute Gasteiger partial charge is 0.344 e. The third-order valence-electron chi connectivity index (χ3n) is 2.85. The predicted molar refractivity (Wildman–Crippen MR) is 84.8 cm³/mol. The van der Waals surface area contributed by atoms with Gasteiger partial charge in [0.05, 0.1) is 11.3 Å². The van der Waals surface area contributed by atoms with Crippen LogP contribution in [0, 0.1) is 6.92 Å². The molecule has 0 spiro atoms. The number of thiazole rings is 1. The molecule has 0 saturated carbocycles. The van der Waals surface area contributed by atoms with Gasteiger partial charge in [-0.05, 0) is 20.3 Å². The minimum absolute atomic E-state index is 0.0807. The van der Waals surface area contributed by atoms with E-state index >= 15 is 0 Å². The van der Waals surface area contributed by atoms with Crippen LogP contribution in [0.1, 0.15) is 51.7 Å². The summed E-state index contributed by atoms with van der Waals surface area (Å²) in [5.41, 5.74) is 0.659. The maximum Gasteiger partial charge on any atom is 0.230 e. The van der Waals surface area contributed by atoms with E-state index in [0.29, 0.717) is 5.75 Å². The lowest BCUT2D eigenvalue weighted by molar-refractivity contribution is -0.120. The van der Waals surface area contributed by atoms with E-state index in [4.69, 9.17) is 0 Å². The summed E-state index contributed by atoms with van der Waals surface area (Å²) in [5.74, 6) is 0.570. The molecular weight excluding hydrogens is 276 g/mol. The normalized spacial score (nSPS) is 15.1. The maximum absolute atomic E-state index is 12.1. The number of aromatic nitrogens is 1. The lowest BCUT2D eigenvalue weighted by Crippen LogP contribution is -2.44. The lowest BCUT2D eigenvalue weighted by Gasteiger charge is -2.28. The van der Waals surface area contributed by atoms with E-state index in [0.717, 1.165) is 17.1 Å². The van der Waals surface area contributed by atoms with Crippen molar-refractivity contribution in [2.24, 2.45) is 0 Å². The second-order valence-corrected chi connectivity index (χ2v) is 8.59. The summed E-state index contributed by atoms with van der Waals surface area (Å²) in [5, 5.41) is 6.15. The zero-order chi connectivity index (χ0) is 14.7. The van der Waals surface area contributed by atoms with Crippen LogP contribution in [-0.4, -0.2) is 21.4 Å². The van der Waals surface area contributed by atoms with Gasteiger partial charge >= 0.3 is 0 Å². The molecule has 5 heteroatoms. The number of rotatable bonds is 5. The molecule has 1 rings (SSSR count). The minimum Gasteiger partial charge on any atom is -0.344 e. The highest BCUT2D eigenvalue weighted by Gasteiger charge is 2.30. The van der Waals surface area contributed by atoms with Crippen molar-refractivity contribution in [3.05, 3.63) is 16.1 Å². The highest BCUT2D eigenvalue weighted by Crippen LogP contribution is 2.28. The zero-order valence-corrected chi connectivity index (χ0v) is 14.3. The first-order chi connectivity index (χ1) is 8.66. The minimum atomic E-state index is -0.353. The molecule has 0 aromatic carbocycles. The number of amides is 1. The van der Waals surface area contributed by atoms with Crippen molar-refractivity contribution < 1.29 is 4.79 Å². The van der Waals surface area contributed by atoms with Crippen LogP contribution >= 0.6 is 23.1 Å². The number of nitrogens with one attached hydrogen (secondary N) is 1. The van der Waals surface area contributed by atoms with Crippen molar-refractivity contribution in [1.82, 2.24) is 10.3 Å². The third kappa shape index (κ3) is 5.15. The molecule has 1 amide bonds. The van der Waals surface area contributed by atoms with E-state index in [1.165, 1.54) is 0 Å². The topological polar surface area (TPSA) is 42.0 Å². The zero-order valence-electron chi connectivity index (χ0n) is 12.7. The van der Waals surface area contributed by atoms with Gasteiger partial charge < -0.3 is 5.32 Å². The van der Waals surface area contributed by atoms with Gasteiger partial charge in [-0.3, -0.25) is 4.79 Å². The van der Waals surface area contributed by atoms with Crippen molar-refractivity contribution in [2.75, 3.05) is 5.75 Å². The second kappa shape index (κ2) is 6.27. The molecule has 0 aliphatic heterocycles. The molecule has 3 nitrogen and oxygen atoms in total. The van der Waals surface area contributed by atoms with Gasteiger partial charge in [-0.1, -0.05) is 27.7 Å². The van der Waals surface area contributed by atoms with Crippen molar-refractivity contribution in [3.8, 4) is 0 Å². The number of carbonyl (C=O) groups is 1. The Morgan fingerprint density at radius 3 is 2.47 bits per heavy atom. The summed E-state index contributed by atoms with van der Waals surface area (Å²) in [6.45, 7) is 12.5. The van der Waals surface area contributed by atoms with Crippen molar-refractivity contribution in [1.29, 1.82) is 0 Å². The summed E-state index contributed by atoms with van der Waals surface area (Å²) < 4.78 is 0.109. The first kappa shape index (κ1) is 16.5. The Labute approximate surface area is 124 Å². The maximum atomic E-state index is 12.1. The van der Waals surface area contributed by atoms with Crippen LogP contribution in [0.3, 0.4) is 0 Å². The van der Waals surface area contributed by atoms with Gasteiger partial charge in [-0.2, -0.15) is 0 Å². The van der Waals surface area contributed by atoms with Crippen molar-refractivity contribution in [3.63, 3.8) is 0 Å². The highest BCUT2D eigenvalue weighted by atomic mass is 32.2. The molecular formula is C14H24N2OS2.